The zero-order valence-corrected chi connectivity index (χ0v) is 16.9. The average molecular weight is 410 g/mol. The average Bonchev–Trinajstić information content (AvgIpc) is 2.95. The monoisotopic (exact) mass is 410 g/mol. The number of hydroxylamine groups is 2. The van der Waals surface area contributed by atoms with Crippen LogP contribution in [0.4, 0.5) is 4.79 Å². The van der Waals surface area contributed by atoms with Gasteiger partial charge in [-0.15, -0.1) is 0 Å². The maximum absolute atomic E-state index is 12.8. The number of rotatable bonds is 5. The predicted octanol–water partition coefficient (Wildman–Crippen LogP) is 3.08. The Morgan fingerprint density at radius 3 is 2.00 bits per heavy atom. The Labute approximate surface area is 173 Å². The Morgan fingerprint density at radius 2 is 1.47 bits per heavy atom. The topological polar surface area (TPSA) is 102 Å². The first-order valence-corrected chi connectivity index (χ1v) is 9.35. The first-order chi connectivity index (χ1) is 14.2. The van der Waals surface area contributed by atoms with Crippen molar-refractivity contribution in [1.29, 1.82) is 0 Å². The minimum atomic E-state index is -1.16. The molecule has 0 saturated carbocycles. The normalized spacial score (nSPS) is 14.2. The number of ether oxygens (including phenoxy) is 1. The van der Waals surface area contributed by atoms with E-state index in [9.17, 15) is 19.2 Å². The molecule has 2 aromatic carbocycles. The highest BCUT2D eigenvalue weighted by Gasteiger charge is 2.42. The van der Waals surface area contributed by atoms with Crippen LogP contribution in [-0.4, -0.2) is 35.0 Å². The largest absolute Gasteiger partial charge is 0.445 e. The van der Waals surface area contributed by atoms with E-state index in [0.717, 1.165) is 5.56 Å². The van der Waals surface area contributed by atoms with E-state index in [2.05, 4.69) is 5.32 Å². The van der Waals surface area contributed by atoms with Crippen LogP contribution in [0.25, 0.3) is 0 Å². The SMILES string of the molecule is CC(C)(C)C(NC(=O)OCc1ccccc1)C(=O)ON1C(=O)c2ccccc2C1=O. The summed E-state index contributed by atoms with van der Waals surface area (Å²) >= 11 is 0. The molecule has 0 radical (unpaired) electrons. The van der Waals surface area contributed by atoms with Crippen LogP contribution in [0.2, 0.25) is 0 Å². The van der Waals surface area contributed by atoms with Gasteiger partial charge in [0.15, 0.2) is 0 Å². The summed E-state index contributed by atoms with van der Waals surface area (Å²) in [6.45, 7) is 5.15. The fourth-order valence-corrected chi connectivity index (χ4v) is 2.90. The second-order valence-electron chi connectivity index (χ2n) is 7.87. The Kier molecular flexibility index (Phi) is 5.86. The number of carbonyl (C=O) groups is 4. The summed E-state index contributed by atoms with van der Waals surface area (Å²) < 4.78 is 5.16. The van der Waals surface area contributed by atoms with Gasteiger partial charge in [-0.05, 0) is 23.1 Å². The lowest BCUT2D eigenvalue weighted by molar-refractivity contribution is -0.174. The van der Waals surface area contributed by atoms with E-state index in [1.54, 1.807) is 45.0 Å². The molecule has 8 nitrogen and oxygen atoms in total. The van der Waals surface area contributed by atoms with Crippen LogP contribution in [0, 0.1) is 5.41 Å². The number of nitrogens with zero attached hydrogens (tertiary/aromatic N) is 1. The Morgan fingerprint density at radius 1 is 0.933 bits per heavy atom. The van der Waals surface area contributed by atoms with Gasteiger partial charge in [0, 0.05) is 0 Å². The molecule has 0 saturated heterocycles. The number of carbonyl (C=O) groups excluding carboxylic acids is 4. The van der Waals surface area contributed by atoms with Gasteiger partial charge in [-0.2, -0.15) is 0 Å². The molecular weight excluding hydrogens is 388 g/mol. The molecule has 156 valence electrons. The van der Waals surface area contributed by atoms with Crippen molar-refractivity contribution in [3.63, 3.8) is 0 Å². The third-order valence-electron chi connectivity index (χ3n) is 4.51. The number of benzene rings is 2. The minimum absolute atomic E-state index is 0.0248. The maximum Gasteiger partial charge on any atom is 0.408 e. The van der Waals surface area contributed by atoms with Crippen molar-refractivity contribution >= 4 is 23.9 Å². The Hall–Kier alpha value is -3.68. The van der Waals surface area contributed by atoms with Crippen molar-refractivity contribution in [2.45, 2.75) is 33.4 Å². The molecule has 3 amide bonds. The van der Waals surface area contributed by atoms with Gasteiger partial charge < -0.3 is 14.9 Å². The third-order valence-corrected chi connectivity index (χ3v) is 4.51. The molecule has 1 unspecified atom stereocenters. The fraction of sp³-hybridized carbons (Fsp3) is 0.273. The lowest BCUT2D eigenvalue weighted by atomic mass is 9.87. The number of imide groups is 1. The lowest BCUT2D eigenvalue weighted by Gasteiger charge is -2.29. The van der Waals surface area contributed by atoms with Crippen molar-refractivity contribution in [1.82, 2.24) is 10.4 Å². The zero-order chi connectivity index (χ0) is 21.9. The summed E-state index contributed by atoms with van der Waals surface area (Å²) in [7, 11) is 0. The summed E-state index contributed by atoms with van der Waals surface area (Å²) in [6.07, 6.45) is -0.821. The van der Waals surface area contributed by atoms with Crippen molar-refractivity contribution in [3.05, 3.63) is 71.3 Å². The molecule has 1 aliphatic heterocycles. The number of amides is 3. The second-order valence-corrected chi connectivity index (χ2v) is 7.87. The van der Waals surface area contributed by atoms with Crippen molar-refractivity contribution in [2.24, 2.45) is 5.41 Å². The second kappa shape index (κ2) is 8.36. The van der Waals surface area contributed by atoms with E-state index in [1.807, 2.05) is 18.2 Å². The number of hydrogen-bond donors (Lipinski definition) is 1. The van der Waals surface area contributed by atoms with Gasteiger partial charge in [-0.1, -0.05) is 68.3 Å². The Balaban J connectivity index is 1.67. The van der Waals surface area contributed by atoms with Crippen LogP contribution in [0.1, 0.15) is 47.1 Å². The standard InChI is InChI=1S/C22H22N2O6/c1-22(2,3)17(23-21(28)29-13-14-9-5-4-6-10-14)20(27)30-24-18(25)15-11-7-8-12-16(15)19(24)26/h4-12,17H,13H2,1-3H3,(H,23,28). The first-order valence-electron chi connectivity index (χ1n) is 9.35. The van der Waals surface area contributed by atoms with Crippen LogP contribution in [0.15, 0.2) is 54.6 Å². The van der Waals surface area contributed by atoms with E-state index >= 15 is 0 Å². The molecule has 1 aliphatic rings. The van der Waals surface area contributed by atoms with Crippen molar-refractivity contribution in [2.75, 3.05) is 0 Å². The van der Waals surface area contributed by atoms with Crippen molar-refractivity contribution < 1.29 is 28.8 Å². The highest BCUT2D eigenvalue weighted by Crippen LogP contribution is 2.25. The highest BCUT2D eigenvalue weighted by molar-refractivity contribution is 6.20. The molecule has 1 N–H and O–H groups in total. The fourth-order valence-electron chi connectivity index (χ4n) is 2.90. The van der Waals surface area contributed by atoms with Crippen LogP contribution >= 0.6 is 0 Å². The van der Waals surface area contributed by atoms with Gasteiger partial charge in [0.05, 0.1) is 11.1 Å². The van der Waals surface area contributed by atoms with E-state index in [0.29, 0.717) is 5.06 Å². The van der Waals surface area contributed by atoms with E-state index in [1.165, 1.54) is 12.1 Å². The molecule has 0 bridgehead atoms. The number of nitrogens with one attached hydrogen (secondary N) is 1. The summed E-state index contributed by atoms with van der Waals surface area (Å²) in [4.78, 5) is 54.9. The molecule has 0 aliphatic carbocycles. The molecule has 0 aromatic heterocycles. The quantitative estimate of drug-likeness (QED) is 0.760. The molecule has 8 heteroatoms. The van der Waals surface area contributed by atoms with Crippen LogP contribution in [-0.2, 0) is 21.0 Å². The molecule has 2 aromatic rings. The smallest absolute Gasteiger partial charge is 0.408 e. The van der Waals surface area contributed by atoms with Crippen LogP contribution in [0.5, 0.6) is 0 Å². The molecule has 1 atom stereocenters. The molecule has 30 heavy (non-hydrogen) atoms. The molecular formula is C22H22N2O6. The molecule has 0 spiro atoms. The zero-order valence-electron chi connectivity index (χ0n) is 16.9. The number of alkyl carbamates (subject to hydrolysis) is 1. The van der Waals surface area contributed by atoms with Gasteiger partial charge in [0.25, 0.3) is 11.8 Å². The van der Waals surface area contributed by atoms with Crippen LogP contribution < -0.4 is 5.32 Å². The number of fused-ring (bicyclic) bond motifs is 1. The summed E-state index contributed by atoms with van der Waals surface area (Å²) in [5.41, 5.74) is 0.311. The van der Waals surface area contributed by atoms with E-state index in [4.69, 9.17) is 9.57 Å². The molecule has 3 rings (SSSR count). The number of hydrogen-bond acceptors (Lipinski definition) is 6. The summed E-state index contributed by atoms with van der Waals surface area (Å²) in [5.74, 6) is -2.42. The van der Waals surface area contributed by atoms with E-state index in [-0.39, 0.29) is 17.7 Å². The third kappa shape index (κ3) is 4.48. The van der Waals surface area contributed by atoms with Gasteiger partial charge in [-0.25, -0.2) is 9.59 Å². The van der Waals surface area contributed by atoms with E-state index < -0.39 is 35.3 Å². The van der Waals surface area contributed by atoms with Gasteiger partial charge in [0.1, 0.15) is 12.6 Å². The van der Waals surface area contributed by atoms with Gasteiger partial charge in [-0.3, -0.25) is 9.59 Å². The summed E-state index contributed by atoms with van der Waals surface area (Å²) in [6, 6.07) is 14.1. The van der Waals surface area contributed by atoms with Gasteiger partial charge >= 0.3 is 12.1 Å². The minimum Gasteiger partial charge on any atom is -0.445 e. The molecule has 0 fully saturated rings. The van der Waals surface area contributed by atoms with Gasteiger partial charge in [0.2, 0.25) is 0 Å². The predicted molar refractivity (Wildman–Crippen MR) is 106 cm³/mol. The molecule has 1 heterocycles. The first kappa shape index (κ1) is 21.0. The van der Waals surface area contributed by atoms with Crippen molar-refractivity contribution in [3.8, 4) is 0 Å². The maximum atomic E-state index is 12.8. The summed E-state index contributed by atoms with van der Waals surface area (Å²) in [5, 5.41) is 2.89. The Bertz CT molecular complexity index is 946. The van der Waals surface area contributed by atoms with Crippen LogP contribution in [0.3, 0.4) is 0 Å². The highest BCUT2D eigenvalue weighted by atomic mass is 16.7. The lowest BCUT2D eigenvalue weighted by Crippen LogP contribution is -2.52.